The molecular weight excluding hydrogens is 502 g/mol. The molecule has 0 saturated carbocycles. The van der Waals surface area contributed by atoms with E-state index in [0.29, 0.717) is 0 Å². The van der Waals surface area contributed by atoms with Crippen molar-refractivity contribution < 1.29 is 56.7 Å². The van der Waals surface area contributed by atoms with Gasteiger partial charge >= 0.3 is 11.9 Å². The van der Waals surface area contributed by atoms with E-state index in [2.05, 4.69) is 47.1 Å². The van der Waals surface area contributed by atoms with Gasteiger partial charge in [-0.25, -0.2) is 19.4 Å². The van der Waals surface area contributed by atoms with Crippen LogP contribution in [0.5, 0.6) is 23.0 Å². The average molecular weight is 508 g/mol. The molecular formula is C14H6Cl4O12. The van der Waals surface area contributed by atoms with Crippen LogP contribution >= 0.6 is 47.5 Å². The van der Waals surface area contributed by atoms with Crippen LogP contribution in [0.3, 0.4) is 0 Å². The fourth-order valence-corrected chi connectivity index (χ4v) is 2.17. The normalized spacial score (nSPS) is 10.1. The van der Waals surface area contributed by atoms with Gasteiger partial charge in [-0.3, -0.25) is 0 Å². The molecule has 30 heavy (non-hydrogen) atoms. The lowest BCUT2D eigenvalue weighted by Gasteiger charge is -2.09. The van der Waals surface area contributed by atoms with Crippen molar-refractivity contribution in [1.82, 2.24) is 0 Å². The molecule has 16 heteroatoms. The van der Waals surface area contributed by atoms with E-state index in [1.807, 2.05) is 0 Å². The molecule has 2 aromatic carbocycles. The maximum absolute atomic E-state index is 12.2. The predicted octanol–water partition coefficient (Wildman–Crippen LogP) is 4.47. The fraction of sp³-hybridized carbons (Fsp3) is 0. The molecule has 0 atom stereocenters. The van der Waals surface area contributed by atoms with Crippen LogP contribution in [-0.2, 0) is 27.5 Å². The summed E-state index contributed by atoms with van der Waals surface area (Å²) in [5.41, 5.74) is -0.567. The van der Waals surface area contributed by atoms with E-state index in [0.717, 1.165) is 24.3 Å². The molecule has 0 unspecified atom stereocenters. The van der Waals surface area contributed by atoms with Gasteiger partial charge in [-0.1, -0.05) is 17.8 Å². The maximum atomic E-state index is 12.2. The number of carbonyl (C=O) groups excluding carboxylic acids is 2. The zero-order chi connectivity index (χ0) is 21.9. The Labute approximate surface area is 186 Å². The summed E-state index contributed by atoms with van der Waals surface area (Å²) in [6.07, 6.45) is 0. The molecule has 0 aliphatic rings. The van der Waals surface area contributed by atoms with E-state index in [1.165, 1.54) is 12.1 Å². The SMILES string of the molecule is O=C(OOC(=O)c1ccc(OOCl)cc1OOCl)c1ccc(OOCl)cc1OOCl. The molecule has 0 amide bonds. The monoisotopic (exact) mass is 506 g/mol. The van der Waals surface area contributed by atoms with E-state index in [-0.39, 0.29) is 34.1 Å². The largest absolute Gasteiger partial charge is 0.390 e. The molecule has 0 bridgehead atoms. The fourth-order valence-electron chi connectivity index (χ4n) is 1.89. The third-order valence-electron chi connectivity index (χ3n) is 3.04. The van der Waals surface area contributed by atoms with Gasteiger partial charge in [-0.2, -0.15) is 0 Å². The standard InChI is InChI=1S/C14H6Cl4O12/c15-27-21-7-1-3-9(11(5-7)23-29-17)13(19)25-26-14(20)10-4-2-8(22-28-16)6-12(10)24-30-18/h1-6H. The Morgan fingerprint density at radius 3 is 1.27 bits per heavy atom. The highest BCUT2D eigenvalue weighted by Gasteiger charge is 2.23. The zero-order valence-electron chi connectivity index (χ0n) is 13.9. The highest BCUT2D eigenvalue weighted by atomic mass is 35.5. The van der Waals surface area contributed by atoms with Crippen LogP contribution in [0.1, 0.15) is 20.7 Å². The molecule has 12 nitrogen and oxygen atoms in total. The van der Waals surface area contributed by atoms with Crippen LogP contribution in [0.4, 0.5) is 0 Å². The smallest absolute Gasteiger partial charge is 0.320 e. The van der Waals surface area contributed by atoms with Crippen molar-refractivity contribution >= 4 is 59.4 Å². The van der Waals surface area contributed by atoms with E-state index in [4.69, 9.17) is 47.5 Å². The first-order valence-corrected chi connectivity index (χ1v) is 8.29. The Morgan fingerprint density at radius 1 is 0.567 bits per heavy atom. The van der Waals surface area contributed by atoms with Crippen molar-refractivity contribution in [2.24, 2.45) is 0 Å². The lowest BCUT2D eigenvalue weighted by molar-refractivity contribution is -0.188. The molecule has 0 aromatic heterocycles. The minimum absolute atomic E-state index is 0.00774. The molecule has 0 radical (unpaired) electrons. The molecule has 2 aromatic rings. The number of benzene rings is 2. The Morgan fingerprint density at radius 2 is 0.933 bits per heavy atom. The van der Waals surface area contributed by atoms with E-state index in [1.54, 1.807) is 0 Å². The molecule has 0 N–H and O–H groups in total. The summed E-state index contributed by atoms with van der Waals surface area (Å²) in [5.74, 6) is -2.94. The predicted molar refractivity (Wildman–Crippen MR) is 94.0 cm³/mol. The summed E-state index contributed by atoms with van der Waals surface area (Å²) >= 11 is 19.9. The first-order valence-electron chi connectivity index (χ1n) is 7.06. The highest BCUT2D eigenvalue weighted by molar-refractivity contribution is 6.07. The molecule has 0 fully saturated rings. The lowest BCUT2D eigenvalue weighted by atomic mass is 10.2. The summed E-state index contributed by atoms with van der Waals surface area (Å²) in [6.45, 7) is 0. The van der Waals surface area contributed by atoms with Crippen molar-refractivity contribution in [3.63, 3.8) is 0 Å². The molecule has 0 aliphatic carbocycles. The molecule has 0 saturated heterocycles. The minimum atomic E-state index is -1.18. The van der Waals surface area contributed by atoms with Crippen LogP contribution < -0.4 is 19.6 Å². The van der Waals surface area contributed by atoms with Gasteiger partial charge in [-0.05, 0) is 24.3 Å². The van der Waals surface area contributed by atoms with Gasteiger partial charge in [0.2, 0.25) is 0 Å². The van der Waals surface area contributed by atoms with Crippen LogP contribution in [0.2, 0.25) is 0 Å². The number of halogens is 4. The zero-order valence-corrected chi connectivity index (χ0v) is 16.9. The van der Waals surface area contributed by atoms with E-state index in [9.17, 15) is 9.59 Å². The maximum Gasteiger partial charge on any atom is 0.390 e. The Bertz CT molecular complexity index is 808. The third-order valence-corrected chi connectivity index (χ3v) is 3.29. The highest BCUT2D eigenvalue weighted by Crippen LogP contribution is 2.29. The first kappa shape index (κ1) is 23.9. The van der Waals surface area contributed by atoms with Gasteiger partial charge in [-0.15, -0.1) is 0 Å². The molecule has 0 heterocycles. The number of rotatable bonds is 10. The number of carbonyl (C=O) groups is 2. The van der Waals surface area contributed by atoms with Crippen molar-refractivity contribution in [1.29, 1.82) is 0 Å². The Balaban J connectivity index is 2.13. The van der Waals surface area contributed by atoms with E-state index >= 15 is 0 Å². The van der Waals surface area contributed by atoms with Crippen molar-refractivity contribution in [3.05, 3.63) is 47.5 Å². The van der Waals surface area contributed by atoms with Crippen molar-refractivity contribution in [2.75, 3.05) is 0 Å². The van der Waals surface area contributed by atoms with Gasteiger partial charge in [0.25, 0.3) is 0 Å². The minimum Gasteiger partial charge on any atom is -0.320 e. The molecule has 0 aliphatic heterocycles. The van der Waals surface area contributed by atoms with Crippen LogP contribution in [0.15, 0.2) is 36.4 Å². The summed E-state index contributed by atoms with van der Waals surface area (Å²) in [7, 11) is 0. The van der Waals surface area contributed by atoms with Gasteiger partial charge in [0, 0.05) is 12.1 Å². The number of hydrogen-bond acceptors (Lipinski definition) is 12. The van der Waals surface area contributed by atoms with Crippen molar-refractivity contribution in [2.45, 2.75) is 0 Å². The Kier molecular flexibility index (Phi) is 9.79. The molecule has 2 rings (SSSR count). The Hall–Kier alpha value is -2.42. The lowest BCUT2D eigenvalue weighted by Crippen LogP contribution is -2.14. The van der Waals surface area contributed by atoms with Crippen molar-refractivity contribution in [3.8, 4) is 23.0 Å². The van der Waals surface area contributed by atoms with E-state index < -0.39 is 11.9 Å². The average Bonchev–Trinajstić information content (AvgIpc) is 2.73. The summed E-state index contributed by atoms with van der Waals surface area (Å²) in [6, 6.07) is 6.96. The second-order valence-corrected chi connectivity index (χ2v) is 5.15. The second kappa shape index (κ2) is 12.3. The first-order chi connectivity index (χ1) is 14.5. The van der Waals surface area contributed by atoms with Gasteiger partial charge in [0.15, 0.2) is 23.0 Å². The third kappa shape index (κ3) is 6.55. The summed E-state index contributed by atoms with van der Waals surface area (Å²) in [5, 5.41) is 0. The summed E-state index contributed by atoms with van der Waals surface area (Å²) < 4.78 is 15.8. The van der Waals surface area contributed by atoms with Gasteiger partial charge in [0.1, 0.15) is 58.6 Å². The molecule has 0 spiro atoms. The number of hydrogen-bond donors (Lipinski definition) is 0. The van der Waals surface area contributed by atoms with Gasteiger partial charge in [0.05, 0.1) is 0 Å². The molecule has 162 valence electrons. The van der Waals surface area contributed by atoms with Crippen LogP contribution in [0.25, 0.3) is 0 Å². The van der Waals surface area contributed by atoms with Crippen LogP contribution in [-0.4, -0.2) is 11.9 Å². The second-order valence-electron chi connectivity index (χ2n) is 4.64. The quantitative estimate of drug-likeness (QED) is 0.332. The van der Waals surface area contributed by atoms with Crippen LogP contribution in [0, 0.1) is 0 Å². The topological polar surface area (TPSA) is 126 Å². The van der Waals surface area contributed by atoms with Gasteiger partial charge < -0.3 is 19.6 Å². The summed E-state index contributed by atoms with van der Waals surface area (Å²) in [4.78, 5) is 51.5.